The van der Waals surface area contributed by atoms with E-state index in [1.807, 2.05) is 82.2 Å². The number of hydrogen-bond acceptors (Lipinski definition) is 13. The smallest absolute Gasteiger partial charge is 0.308 e. The van der Waals surface area contributed by atoms with Crippen LogP contribution in [0.15, 0.2) is 11.3 Å². The topological polar surface area (TPSA) is 226 Å². The van der Waals surface area contributed by atoms with Gasteiger partial charge in [0, 0.05) is 32.0 Å². The van der Waals surface area contributed by atoms with Crippen LogP contribution < -0.4 is 15.7 Å². The lowest BCUT2D eigenvalue weighted by Gasteiger charge is -2.21. The summed E-state index contributed by atoms with van der Waals surface area (Å²) in [4.78, 5) is 61.6. The Kier molecular flexibility index (Phi) is 38.4. The Labute approximate surface area is 313 Å². The van der Waals surface area contributed by atoms with Crippen molar-refractivity contribution in [2.75, 3.05) is 32.7 Å². The molecule has 1 saturated heterocycles. The minimum Gasteiger partial charge on any atom is -0.457 e. The highest BCUT2D eigenvalue weighted by Crippen LogP contribution is 2.20. The highest BCUT2D eigenvalue weighted by molar-refractivity contribution is 7.28. The van der Waals surface area contributed by atoms with Gasteiger partial charge < -0.3 is 38.9 Å². The van der Waals surface area contributed by atoms with Gasteiger partial charge in [0.25, 0.3) is 0 Å². The van der Waals surface area contributed by atoms with E-state index in [1.165, 1.54) is 13.4 Å². The number of carbonyl (C=O) groups excluding carboxylic acids is 4. The predicted molar refractivity (Wildman–Crippen MR) is 207 cm³/mol. The molecule has 2 heterocycles. The predicted octanol–water partition coefficient (Wildman–Crippen LogP) is 5.06. The first-order chi connectivity index (χ1) is 24.4. The van der Waals surface area contributed by atoms with Crippen LogP contribution in [0.5, 0.6) is 0 Å². The van der Waals surface area contributed by atoms with Gasteiger partial charge in [0.05, 0.1) is 59.1 Å². The van der Waals surface area contributed by atoms with Crippen LogP contribution in [0, 0.1) is 29.1 Å². The van der Waals surface area contributed by atoms with Crippen molar-refractivity contribution in [1.82, 2.24) is 20.4 Å². The van der Waals surface area contributed by atoms with E-state index in [0.717, 1.165) is 6.29 Å². The number of amides is 1. The van der Waals surface area contributed by atoms with Crippen LogP contribution in [0.1, 0.15) is 107 Å². The summed E-state index contributed by atoms with van der Waals surface area (Å²) in [7, 11) is 3.01. The van der Waals surface area contributed by atoms with E-state index in [-0.39, 0.29) is 69.0 Å². The molecule has 1 amide bonds. The molecule has 2 rings (SSSR count). The maximum atomic E-state index is 11.5. The average Bonchev–Trinajstić information content (AvgIpc) is 3.71. The third-order valence-electron chi connectivity index (χ3n) is 5.68. The van der Waals surface area contributed by atoms with E-state index < -0.39 is 0 Å². The van der Waals surface area contributed by atoms with Crippen LogP contribution in [-0.4, -0.2) is 103 Å². The Hall–Kier alpha value is -3.32. The Morgan fingerprint density at radius 1 is 1.13 bits per heavy atom. The molecule has 0 radical (unpaired) electrons. The van der Waals surface area contributed by atoms with E-state index in [9.17, 15) is 19.2 Å². The number of ether oxygens (including phenoxy) is 4. The number of methoxy groups -OCH3 is 1. The molecule has 0 aliphatic carbocycles. The summed E-state index contributed by atoms with van der Waals surface area (Å²) in [6, 6.07) is 2.41. The zero-order chi connectivity index (χ0) is 41.2. The van der Waals surface area contributed by atoms with Gasteiger partial charge in [-0.25, -0.2) is 4.98 Å². The minimum absolute atomic E-state index is 0.0809. The molecule has 0 saturated carbocycles. The Morgan fingerprint density at radius 2 is 1.71 bits per heavy atom. The van der Waals surface area contributed by atoms with Gasteiger partial charge in [0.15, 0.2) is 18.2 Å². The van der Waals surface area contributed by atoms with Crippen molar-refractivity contribution in [2.24, 2.45) is 22.7 Å². The molecule has 4 atom stereocenters. The molecule has 302 valence electrons. The van der Waals surface area contributed by atoms with Gasteiger partial charge in [-0.15, -0.1) is 0 Å². The van der Waals surface area contributed by atoms with Crippen molar-refractivity contribution >= 4 is 45.2 Å². The number of H-pyrrole nitrogens is 1. The maximum Gasteiger partial charge on any atom is 0.308 e. The second-order valence-electron chi connectivity index (χ2n) is 12.1. The molecule has 1 aliphatic rings. The van der Waals surface area contributed by atoms with Crippen molar-refractivity contribution in [2.45, 2.75) is 127 Å². The third kappa shape index (κ3) is 31.4. The zero-order valence-corrected chi connectivity index (χ0v) is 35.0. The first-order valence-electron chi connectivity index (χ1n) is 17.4. The first-order valence-corrected chi connectivity index (χ1v) is 18.4. The van der Waals surface area contributed by atoms with E-state index in [2.05, 4.69) is 30.7 Å². The fourth-order valence-electron chi connectivity index (χ4n) is 2.86. The highest BCUT2D eigenvalue weighted by atomic mass is 31.1. The van der Waals surface area contributed by atoms with Gasteiger partial charge in [0.1, 0.15) is 18.1 Å². The molecular formula is C35H68N7O9P. The zero-order valence-electron chi connectivity index (χ0n) is 34.0. The number of imidazole rings is 1. The molecule has 17 heteroatoms. The molecular weight excluding hydrogens is 693 g/mol. The van der Waals surface area contributed by atoms with Crippen molar-refractivity contribution < 1.29 is 43.0 Å². The van der Waals surface area contributed by atoms with E-state index in [4.69, 9.17) is 29.1 Å². The standard InChI is InChI=1S/C10H15N5O2.C10H18O4.C6H11NO.C4H8O.C3H10NOP.C2H6/c1-6(2)9(17)15-10(11-3)14-8-7(4-16)12-5-13-8;1-6(2)10(11)14-9-7(3)13-5-8(9)12-4;1-6(2)8-5-3-4-7;1-4(2)3-5;1-3(2)4-6-5;1-2/h4-6H,1-3H3,(H,12,13)(H2,11,14,15,17);6-9H,5H2,1-4H3;6H,3,5H2,1-2H3;3-4H,1-2H3;3-6H,1-2H3;1-2H3/t;7-,8?,9?;;;;/m.1..../s1. The third-order valence-corrected chi connectivity index (χ3v) is 6.39. The van der Waals surface area contributed by atoms with Crippen molar-refractivity contribution in [3.63, 3.8) is 0 Å². The minimum atomic E-state index is -0.269. The molecule has 16 nitrogen and oxygen atoms in total. The molecule has 5 N–H and O–H groups in total. The lowest BCUT2D eigenvalue weighted by molar-refractivity contribution is -0.159. The second-order valence-corrected chi connectivity index (χ2v) is 12.6. The number of hydrogen-bond donors (Lipinski definition) is 5. The quantitative estimate of drug-likeness (QED) is 0.0470. The number of carbonyl (C=O) groups is 4. The van der Waals surface area contributed by atoms with Crippen LogP contribution in [0.25, 0.3) is 0 Å². The number of nitriles is 1. The molecule has 0 bridgehead atoms. The first kappa shape index (κ1) is 55.4. The van der Waals surface area contributed by atoms with E-state index in [1.54, 1.807) is 21.0 Å². The molecule has 1 fully saturated rings. The summed E-state index contributed by atoms with van der Waals surface area (Å²) in [5, 5.41) is 16.2. The average molecular weight is 762 g/mol. The van der Waals surface area contributed by atoms with Gasteiger partial charge in [0.2, 0.25) is 11.9 Å². The Morgan fingerprint density at radius 3 is 2.08 bits per heavy atom. The number of guanidine groups is 1. The van der Waals surface area contributed by atoms with Gasteiger partial charge >= 0.3 is 5.97 Å². The lowest BCUT2D eigenvalue weighted by Crippen LogP contribution is -2.38. The number of nitrogens with zero attached hydrogens (tertiary/aromatic N) is 3. The highest BCUT2D eigenvalue weighted by Gasteiger charge is 2.38. The Balaban J connectivity index is -0.000000294. The number of aliphatic imine (C=N–C) groups is 1. The van der Waals surface area contributed by atoms with Crippen molar-refractivity contribution in [1.29, 1.82) is 5.26 Å². The van der Waals surface area contributed by atoms with Crippen LogP contribution in [-0.2, 0) is 33.3 Å². The molecule has 52 heavy (non-hydrogen) atoms. The van der Waals surface area contributed by atoms with Gasteiger partial charge in [-0.3, -0.25) is 29.8 Å². The molecule has 1 aliphatic heterocycles. The summed E-state index contributed by atoms with van der Waals surface area (Å²) < 4.78 is 20.9. The number of aromatic amines is 1. The van der Waals surface area contributed by atoms with Crippen LogP contribution in [0.4, 0.5) is 5.82 Å². The molecule has 1 aromatic rings. The number of aldehydes is 2. The van der Waals surface area contributed by atoms with E-state index in [0.29, 0.717) is 43.5 Å². The number of aromatic nitrogens is 2. The monoisotopic (exact) mass is 761 g/mol. The van der Waals surface area contributed by atoms with Gasteiger partial charge in [-0.1, -0.05) is 55.4 Å². The fourth-order valence-corrected chi connectivity index (χ4v) is 3.12. The normalized spacial score (nSPS) is 16.2. The lowest BCUT2D eigenvalue weighted by atomic mass is 10.1. The number of rotatable bonds is 12. The molecule has 0 aromatic carbocycles. The van der Waals surface area contributed by atoms with Gasteiger partial charge in [-0.05, 0) is 34.6 Å². The van der Waals surface area contributed by atoms with Crippen molar-refractivity contribution in [3.05, 3.63) is 12.0 Å². The number of esters is 1. The summed E-state index contributed by atoms with van der Waals surface area (Å²) in [6.45, 7) is 25.7. The number of nitrogens with one attached hydrogen (secondary N) is 4. The number of anilines is 1. The van der Waals surface area contributed by atoms with Crippen LogP contribution >= 0.6 is 8.96 Å². The Bertz CT molecular complexity index is 1120. The second kappa shape index (κ2) is 36.1. The van der Waals surface area contributed by atoms with Crippen molar-refractivity contribution in [3.8, 4) is 6.07 Å². The SMILES string of the molecule is CC.CC(C)C=O.CC(C)NPO.CC(C)OCCC#N.CN=C(NC(=O)C(C)C)Nc1nc[nH]c1C=O.COC1CO[C@H](C)C1OC(=O)C(C)C. The molecule has 1 aromatic heterocycles. The van der Waals surface area contributed by atoms with Crippen LogP contribution in [0.2, 0.25) is 0 Å². The molecule has 0 spiro atoms. The summed E-state index contributed by atoms with van der Waals surface area (Å²) >= 11 is 0. The fraction of sp³-hybridized carbons (Fsp3) is 0.743. The van der Waals surface area contributed by atoms with Crippen LogP contribution in [0.3, 0.4) is 0 Å². The molecule has 3 unspecified atom stereocenters. The van der Waals surface area contributed by atoms with Gasteiger partial charge in [-0.2, -0.15) is 5.26 Å². The largest absolute Gasteiger partial charge is 0.457 e. The summed E-state index contributed by atoms with van der Waals surface area (Å²) in [5.74, 6) is 0.146. The summed E-state index contributed by atoms with van der Waals surface area (Å²) in [5.41, 5.74) is 0.296. The summed E-state index contributed by atoms with van der Waals surface area (Å²) in [6.07, 6.45) is 3.20. The maximum absolute atomic E-state index is 11.5. The van der Waals surface area contributed by atoms with E-state index >= 15 is 0 Å².